The van der Waals surface area contributed by atoms with Crippen LogP contribution >= 0.6 is 0 Å². The van der Waals surface area contributed by atoms with Gasteiger partial charge in [-0.2, -0.15) is 10.2 Å². The van der Waals surface area contributed by atoms with Gasteiger partial charge in [0, 0.05) is 43.2 Å². The topological polar surface area (TPSA) is 183 Å². The van der Waals surface area contributed by atoms with Crippen LogP contribution in [0.2, 0.25) is 0 Å². The predicted octanol–water partition coefficient (Wildman–Crippen LogP) is 5.88. The molecule has 1 aliphatic heterocycles. The Bertz CT molecular complexity index is 2100. The number of aliphatic hydroxyl groups is 1. The number of hydrogen-bond donors (Lipinski definition) is 1. The molecule has 5 aromatic rings. The van der Waals surface area contributed by atoms with Gasteiger partial charge in [-0.1, -0.05) is 0 Å². The highest BCUT2D eigenvalue weighted by Crippen LogP contribution is 2.27. The van der Waals surface area contributed by atoms with Crippen LogP contribution in [0.5, 0.6) is 11.5 Å². The number of nitro benzene ring substituents is 1. The van der Waals surface area contributed by atoms with Gasteiger partial charge in [-0.15, -0.1) is 0 Å². The van der Waals surface area contributed by atoms with Crippen molar-refractivity contribution in [2.45, 2.75) is 13.2 Å². The fourth-order valence-electron chi connectivity index (χ4n) is 5.09. The van der Waals surface area contributed by atoms with Crippen LogP contribution in [0.1, 0.15) is 31.8 Å². The molecule has 2 heterocycles. The number of morpholine rings is 1. The number of nitro groups is 1. The standard InChI is InChI=1S/C35H28N4O10/c40-21-24-2-1-23(17-31(24)39(44)45)35(43)47-28-9-7-27(8-10-28)37-36-26-5-3-22(4-6-26)34(42)48-29-11-12-30-25(18-33(41)49-32(30)19-29)20-38-13-15-46-16-14-38/h1-12,17-19,40H,13-16,20-21H2/b37-36+. The maximum Gasteiger partial charge on any atom is 0.343 e. The highest BCUT2D eigenvalue weighted by molar-refractivity contribution is 5.93. The lowest BCUT2D eigenvalue weighted by Crippen LogP contribution is -2.35. The number of fused-ring (bicyclic) bond motifs is 1. The Morgan fingerprint density at radius 3 is 2.08 bits per heavy atom. The van der Waals surface area contributed by atoms with E-state index in [1.807, 2.05) is 0 Å². The Kier molecular flexibility index (Phi) is 9.90. The summed E-state index contributed by atoms with van der Waals surface area (Å²) in [6.45, 7) is 2.86. The van der Waals surface area contributed by atoms with Gasteiger partial charge in [0.25, 0.3) is 5.69 Å². The summed E-state index contributed by atoms with van der Waals surface area (Å²) >= 11 is 0. The summed E-state index contributed by atoms with van der Waals surface area (Å²) in [7, 11) is 0. The number of rotatable bonds is 10. The van der Waals surface area contributed by atoms with E-state index >= 15 is 0 Å². The Morgan fingerprint density at radius 2 is 1.41 bits per heavy atom. The van der Waals surface area contributed by atoms with Crippen molar-refractivity contribution in [1.82, 2.24) is 4.90 Å². The summed E-state index contributed by atoms with van der Waals surface area (Å²) in [5.41, 5.74) is 1.49. The smallest absolute Gasteiger partial charge is 0.343 e. The lowest BCUT2D eigenvalue weighted by Gasteiger charge is -2.26. The van der Waals surface area contributed by atoms with Crippen LogP contribution in [0.3, 0.4) is 0 Å². The van der Waals surface area contributed by atoms with E-state index in [1.165, 1.54) is 48.5 Å². The van der Waals surface area contributed by atoms with Crippen LogP contribution in [-0.2, 0) is 17.9 Å². The summed E-state index contributed by atoms with van der Waals surface area (Å²) in [5, 5.41) is 29.6. The van der Waals surface area contributed by atoms with Crippen molar-refractivity contribution in [3.8, 4) is 11.5 Å². The van der Waals surface area contributed by atoms with Gasteiger partial charge in [0.1, 0.15) is 17.1 Å². The summed E-state index contributed by atoms with van der Waals surface area (Å²) in [4.78, 5) is 50.3. The maximum absolute atomic E-state index is 12.8. The fraction of sp³-hybridized carbons (Fsp3) is 0.171. The van der Waals surface area contributed by atoms with Gasteiger partial charge in [-0.05, 0) is 78.4 Å². The maximum atomic E-state index is 12.8. The van der Waals surface area contributed by atoms with Crippen molar-refractivity contribution in [2.24, 2.45) is 10.2 Å². The molecule has 0 radical (unpaired) electrons. The zero-order valence-electron chi connectivity index (χ0n) is 25.8. The first-order chi connectivity index (χ1) is 23.7. The number of carbonyl (C=O) groups is 2. The van der Waals surface area contributed by atoms with Crippen molar-refractivity contribution >= 4 is 40.0 Å². The number of benzene rings is 4. The molecule has 0 spiro atoms. The third kappa shape index (κ3) is 8.08. The lowest BCUT2D eigenvalue weighted by molar-refractivity contribution is -0.385. The van der Waals surface area contributed by atoms with Gasteiger partial charge in [-0.25, -0.2) is 14.4 Å². The van der Waals surface area contributed by atoms with Gasteiger partial charge in [0.05, 0.1) is 52.8 Å². The molecular formula is C35H28N4O10. The molecule has 4 aromatic carbocycles. The molecule has 0 aliphatic carbocycles. The molecule has 248 valence electrons. The van der Waals surface area contributed by atoms with Crippen LogP contribution in [0.15, 0.2) is 110 Å². The average Bonchev–Trinajstić information content (AvgIpc) is 3.11. The molecule has 0 amide bonds. The van der Waals surface area contributed by atoms with E-state index in [4.69, 9.17) is 18.6 Å². The molecule has 0 unspecified atom stereocenters. The molecule has 14 nitrogen and oxygen atoms in total. The van der Waals surface area contributed by atoms with Crippen LogP contribution in [0, 0.1) is 10.1 Å². The third-order valence-electron chi connectivity index (χ3n) is 7.63. The molecule has 1 fully saturated rings. The average molecular weight is 665 g/mol. The van der Waals surface area contributed by atoms with E-state index in [9.17, 15) is 29.6 Å². The van der Waals surface area contributed by atoms with Crippen LogP contribution in [0.25, 0.3) is 11.0 Å². The van der Waals surface area contributed by atoms with Gasteiger partial charge in [0.2, 0.25) is 0 Å². The number of hydrogen-bond acceptors (Lipinski definition) is 13. The van der Waals surface area contributed by atoms with E-state index < -0.39 is 29.1 Å². The van der Waals surface area contributed by atoms with E-state index in [2.05, 4.69) is 15.1 Å². The first kappa shape index (κ1) is 32.8. The molecule has 14 heteroatoms. The molecule has 0 bridgehead atoms. The van der Waals surface area contributed by atoms with E-state index in [0.717, 1.165) is 30.1 Å². The zero-order valence-corrected chi connectivity index (χ0v) is 25.8. The van der Waals surface area contributed by atoms with E-state index in [0.29, 0.717) is 36.7 Å². The molecular weight excluding hydrogens is 636 g/mol. The molecule has 1 aromatic heterocycles. The molecule has 49 heavy (non-hydrogen) atoms. The zero-order chi connectivity index (χ0) is 34.3. The number of ether oxygens (including phenoxy) is 3. The van der Waals surface area contributed by atoms with Crippen molar-refractivity contribution in [1.29, 1.82) is 0 Å². The third-order valence-corrected chi connectivity index (χ3v) is 7.63. The number of nitrogens with zero attached hydrogens (tertiary/aromatic N) is 4. The summed E-state index contributed by atoms with van der Waals surface area (Å²) in [5.74, 6) is -1.01. The Balaban J connectivity index is 1.06. The van der Waals surface area contributed by atoms with Crippen molar-refractivity contribution < 1.29 is 38.2 Å². The van der Waals surface area contributed by atoms with E-state index in [-0.39, 0.29) is 33.9 Å². The van der Waals surface area contributed by atoms with Crippen LogP contribution in [-0.4, -0.2) is 53.2 Å². The highest BCUT2D eigenvalue weighted by Gasteiger charge is 2.19. The molecule has 1 saturated heterocycles. The van der Waals surface area contributed by atoms with Gasteiger partial charge >= 0.3 is 17.6 Å². The minimum atomic E-state index is -0.804. The highest BCUT2D eigenvalue weighted by atomic mass is 16.6. The van der Waals surface area contributed by atoms with Crippen molar-refractivity contribution in [2.75, 3.05) is 26.3 Å². The second kappa shape index (κ2) is 14.8. The number of azo groups is 1. The summed E-state index contributed by atoms with van der Waals surface area (Å²) in [6, 6.07) is 22.5. The summed E-state index contributed by atoms with van der Waals surface area (Å²) in [6.07, 6.45) is 0. The largest absolute Gasteiger partial charge is 0.423 e. The second-order valence-corrected chi connectivity index (χ2v) is 10.9. The SMILES string of the molecule is O=C(Oc1ccc2c(CN3CCOCC3)cc(=O)oc2c1)c1ccc(/N=N/c2ccc(OC(=O)c3ccc(CO)c([N+](=O)[O-])c3)cc2)cc1. The Hall–Kier alpha value is -6.09. The fourth-order valence-corrected chi connectivity index (χ4v) is 5.09. The lowest BCUT2D eigenvalue weighted by atomic mass is 10.1. The van der Waals surface area contributed by atoms with E-state index in [1.54, 1.807) is 36.4 Å². The second-order valence-electron chi connectivity index (χ2n) is 10.9. The normalized spacial score (nSPS) is 13.4. The minimum Gasteiger partial charge on any atom is -0.423 e. The van der Waals surface area contributed by atoms with Crippen LogP contribution < -0.4 is 15.1 Å². The number of aliphatic hydroxyl groups excluding tert-OH is 1. The summed E-state index contributed by atoms with van der Waals surface area (Å²) < 4.78 is 21.6. The van der Waals surface area contributed by atoms with Gasteiger partial charge in [-0.3, -0.25) is 15.0 Å². The molecule has 0 saturated carbocycles. The first-order valence-electron chi connectivity index (χ1n) is 15.1. The quantitative estimate of drug-likeness (QED) is 0.0470. The Labute approximate surface area is 277 Å². The molecule has 1 N–H and O–H groups in total. The number of carbonyl (C=O) groups excluding carboxylic acids is 2. The number of esters is 2. The first-order valence-corrected chi connectivity index (χ1v) is 15.1. The van der Waals surface area contributed by atoms with Gasteiger partial charge in [0.15, 0.2) is 0 Å². The van der Waals surface area contributed by atoms with Crippen molar-refractivity contribution in [3.05, 3.63) is 134 Å². The van der Waals surface area contributed by atoms with Crippen molar-refractivity contribution in [3.63, 3.8) is 0 Å². The molecule has 1 aliphatic rings. The monoisotopic (exact) mass is 664 g/mol. The predicted molar refractivity (Wildman–Crippen MR) is 175 cm³/mol. The van der Waals surface area contributed by atoms with Gasteiger partial charge < -0.3 is 23.7 Å². The molecule has 6 rings (SSSR count). The molecule has 0 atom stereocenters. The minimum absolute atomic E-state index is 0.0423. The van der Waals surface area contributed by atoms with Crippen LogP contribution in [0.4, 0.5) is 17.1 Å². The Morgan fingerprint density at radius 1 is 0.796 bits per heavy atom.